The molecule has 8 heteroatoms. The van der Waals surface area contributed by atoms with Crippen LogP contribution in [0.15, 0.2) is 11.5 Å². The smallest absolute Gasteiger partial charge is 0.378 e. The molecule has 0 aromatic rings. The van der Waals surface area contributed by atoms with Gasteiger partial charge in [-0.2, -0.15) is 0 Å². The first-order valence-corrected chi connectivity index (χ1v) is 5.82. The van der Waals surface area contributed by atoms with Crippen molar-refractivity contribution < 1.29 is 39.4 Å². The highest BCUT2D eigenvalue weighted by Gasteiger charge is 2.40. The van der Waals surface area contributed by atoms with Crippen molar-refractivity contribution in [1.29, 1.82) is 0 Å². The number of carbonyl (C=O) groups is 1. The Balaban J connectivity index is 2.56. The predicted octanol–water partition coefficient (Wildman–Crippen LogP) is -1.55. The molecule has 1 aliphatic rings. The van der Waals surface area contributed by atoms with Crippen LogP contribution < -0.4 is 0 Å². The first kappa shape index (κ1) is 15.7. The SMILES string of the molecule is CCOCC(O)COC1=C(O)C(C(O)CO)OC1=O. The van der Waals surface area contributed by atoms with Gasteiger partial charge in [-0.1, -0.05) is 0 Å². The van der Waals surface area contributed by atoms with Crippen molar-refractivity contribution in [3.63, 3.8) is 0 Å². The zero-order valence-corrected chi connectivity index (χ0v) is 10.5. The molecule has 8 nitrogen and oxygen atoms in total. The molecule has 1 rings (SSSR count). The second-order valence-electron chi connectivity index (χ2n) is 3.91. The number of aliphatic hydroxyl groups is 4. The topological polar surface area (TPSA) is 126 Å². The molecule has 0 aromatic heterocycles. The van der Waals surface area contributed by atoms with Crippen molar-refractivity contribution in [3.05, 3.63) is 11.5 Å². The number of esters is 1. The first-order chi connectivity index (χ1) is 9.01. The number of rotatable bonds is 8. The Kier molecular flexibility index (Phi) is 6.03. The minimum absolute atomic E-state index is 0.0300. The lowest BCUT2D eigenvalue weighted by Gasteiger charge is -2.14. The van der Waals surface area contributed by atoms with Crippen LogP contribution in [0.3, 0.4) is 0 Å². The zero-order chi connectivity index (χ0) is 14.4. The van der Waals surface area contributed by atoms with Gasteiger partial charge in [0, 0.05) is 6.61 Å². The molecule has 0 aliphatic carbocycles. The molecule has 0 bridgehead atoms. The summed E-state index contributed by atoms with van der Waals surface area (Å²) in [5.74, 6) is -2.04. The summed E-state index contributed by atoms with van der Waals surface area (Å²) in [5.41, 5.74) is 0. The third-order valence-corrected chi connectivity index (χ3v) is 2.39. The zero-order valence-electron chi connectivity index (χ0n) is 10.5. The normalized spacial score (nSPS) is 22.3. The molecule has 110 valence electrons. The highest BCUT2D eigenvalue weighted by molar-refractivity contribution is 5.89. The summed E-state index contributed by atoms with van der Waals surface area (Å²) < 4.78 is 14.5. The third kappa shape index (κ3) is 4.06. The highest BCUT2D eigenvalue weighted by Crippen LogP contribution is 2.24. The molecule has 0 saturated carbocycles. The Bertz CT molecular complexity index is 340. The van der Waals surface area contributed by atoms with Crippen molar-refractivity contribution >= 4 is 5.97 Å². The monoisotopic (exact) mass is 278 g/mol. The average molecular weight is 278 g/mol. The van der Waals surface area contributed by atoms with E-state index in [0.717, 1.165) is 0 Å². The molecular weight excluding hydrogens is 260 g/mol. The predicted molar refractivity (Wildman–Crippen MR) is 61.1 cm³/mol. The van der Waals surface area contributed by atoms with Gasteiger partial charge in [0.2, 0.25) is 5.76 Å². The van der Waals surface area contributed by atoms with Crippen LogP contribution in [0.4, 0.5) is 0 Å². The van der Waals surface area contributed by atoms with E-state index < -0.39 is 42.4 Å². The van der Waals surface area contributed by atoms with Crippen LogP contribution >= 0.6 is 0 Å². The summed E-state index contributed by atoms with van der Waals surface area (Å²) in [7, 11) is 0. The van der Waals surface area contributed by atoms with Gasteiger partial charge in [-0.3, -0.25) is 0 Å². The van der Waals surface area contributed by atoms with E-state index >= 15 is 0 Å². The first-order valence-electron chi connectivity index (χ1n) is 5.82. The van der Waals surface area contributed by atoms with Crippen molar-refractivity contribution in [2.45, 2.75) is 25.2 Å². The fourth-order valence-electron chi connectivity index (χ4n) is 1.43. The van der Waals surface area contributed by atoms with E-state index in [0.29, 0.717) is 6.61 Å². The van der Waals surface area contributed by atoms with E-state index in [1.807, 2.05) is 0 Å². The van der Waals surface area contributed by atoms with Crippen molar-refractivity contribution in [2.24, 2.45) is 0 Å². The Morgan fingerprint density at radius 3 is 2.63 bits per heavy atom. The number of carbonyl (C=O) groups excluding carboxylic acids is 1. The van der Waals surface area contributed by atoms with Crippen molar-refractivity contribution in [1.82, 2.24) is 0 Å². The molecule has 0 aromatic carbocycles. The van der Waals surface area contributed by atoms with Crippen LogP contribution in [0.1, 0.15) is 6.92 Å². The maximum absolute atomic E-state index is 11.4. The van der Waals surface area contributed by atoms with Crippen LogP contribution in [0.25, 0.3) is 0 Å². The summed E-state index contributed by atoms with van der Waals surface area (Å²) in [6.07, 6.45) is -3.75. The lowest BCUT2D eigenvalue weighted by atomic mass is 10.2. The Morgan fingerprint density at radius 1 is 1.37 bits per heavy atom. The second kappa shape index (κ2) is 7.29. The van der Waals surface area contributed by atoms with Gasteiger partial charge in [-0.25, -0.2) is 4.79 Å². The molecule has 0 spiro atoms. The molecule has 0 amide bonds. The van der Waals surface area contributed by atoms with Crippen LogP contribution in [-0.2, 0) is 19.0 Å². The molecule has 19 heavy (non-hydrogen) atoms. The molecular formula is C11H18O8. The summed E-state index contributed by atoms with van der Waals surface area (Å²) in [5, 5.41) is 37.1. The van der Waals surface area contributed by atoms with E-state index in [2.05, 4.69) is 4.74 Å². The van der Waals surface area contributed by atoms with Gasteiger partial charge in [-0.15, -0.1) is 0 Å². The van der Waals surface area contributed by atoms with E-state index in [1.54, 1.807) is 6.92 Å². The van der Waals surface area contributed by atoms with Gasteiger partial charge >= 0.3 is 5.97 Å². The number of cyclic esters (lactones) is 1. The number of hydrogen-bond donors (Lipinski definition) is 4. The maximum atomic E-state index is 11.4. The molecule has 3 atom stereocenters. The van der Waals surface area contributed by atoms with Crippen molar-refractivity contribution in [3.8, 4) is 0 Å². The molecule has 0 saturated heterocycles. The summed E-state index contributed by atoms with van der Waals surface area (Å²) in [6, 6.07) is 0. The maximum Gasteiger partial charge on any atom is 0.378 e. The van der Waals surface area contributed by atoms with E-state index in [9.17, 15) is 20.1 Å². The number of ether oxygens (including phenoxy) is 3. The fourth-order valence-corrected chi connectivity index (χ4v) is 1.43. The molecule has 3 unspecified atom stereocenters. The molecule has 1 heterocycles. The second-order valence-corrected chi connectivity index (χ2v) is 3.91. The molecule has 4 N–H and O–H groups in total. The molecule has 0 radical (unpaired) electrons. The Hall–Kier alpha value is -1.35. The minimum atomic E-state index is -1.43. The summed E-state index contributed by atoms with van der Waals surface area (Å²) in [4.78, 5) is 11.4. The standard InChI is InChI=1S/C11H18O8/c1-2-17-4-6(13)5-18-10-8(15)9(7(14)3-12)19-11(10)16/h6-7,9,12-15H,2-5H2,1H3. The van der Waals surface area contributed by atoms with Crippen LogP contribution in [0, 0.1) is 0 Å². The number of hydrogen-bond acceptors (Lipinski definition) is 8. The van der Waals surface area contributed by atoms with Crippen LogP contribution in [0.5, 0.6) is 0 Å². The third-order valence-electron chi connectivity index (χ3n) is 2.39. The van der Waals surface area contributed by atoms with Gasteiger partial charge in [0.1, 0.15) is 18.8 Å². The number of aliphatic hydroxyl groups excluding tert-OH is 4. The Labute approximate surface area is 109 Å². The summed E-state index contributed by atoms with van der Waals surface area (Å²) >= 11 is 0. The van der Waals surface area contributed by atoms with Crippen molar-refractivity contribution in [2.75, 3.05) is 26.4 Å². The van der Waals surface area contributed by atoms with Gasteiger partial charge in [-0.05, 0) is 6.92 Å². The lowest BCUT2D eigenvalue weighted by molar-refractivity contribution is -0.149. The van der Waals surface area contributed by atoms with E-state index in [-0.39, 0.29) is 13.2 Å². The fraction of sp³-hybridized carbons (Fsp3) is 0.727. The quantitative estimate of drug-likeness (QED) is 0.393. The van der Waals surface area contributed by atoms with Gasteiger partial charge in [0.05, 0.1) is 13.2 Å². The van der Waals surface area contributed by atoms with Gasteiger partial charge < -0.3 is 34.6 Å². The minimum Gasteiger partial charge on any atom is -0.505 e. The lowest BCUT2D eigenvalue weighted by Crippen LogP contribution is -2.31. The highest BCUT2D eigenvalue weighted by atomic mass is 16.6. The molecule has 1 aliphatic heterocycles. The molecule has 0 fully saturated rings. The van der Waals surface area contributed by atoms with Gasteiger partial charge in [0.15, 0.2) is 11.9 Å². The van der Waals surface area contributed by atoms with Crippen LogP contribution in [0.2, 0.25) is 0 Å². The average Bonchev–Trinajstić information content (AvgIpc) is 2.68. The largest absolute Gasteiger partial charge is 0.505 e. The van der Waals surface area contributed by atoms with E-state index in [4.69, 9.17) is 14.6 Å². The van der Waals surface area contributed by atoms with Crippen LogP contribution in [-0.4, -0.2) is 71.1 Å². The summed E-state index contributed by atoms with van der Waals surface area (Å²) in [6.45, 7) is 1.27. The Morgan fingerprint density at radius 2 is 2.05 bits per heavy atom. The van der Waals surface area contributed by atoms with Gasteiger partial charge in [0.25, 0.3) is 0 Å². The van der Waals surface area contributed by atoms with E-state index in [1.165, 1.54) is 0 Å².